The van der Waals surface area contributed by atoms with Gasteiger partial charge < -0.3 is 14.5 Å². The molecular weight excluding hydrogens is 292 g/mol. The number of rotatable bonds is 6. The highest BCUT2D eigenvalue weighted by atomic mass is 35.5. The Morgan fingerprint density at radius 1 is 1.43 bits per heavy atom. The normalized spacial score (nSPS) is 12.0. The van der Waals surface area contributed by atoms with Crippen LogP contribution >= 0.6 is 11.6 Å². The van der Waals surface area contributed by atoms with Crippen LogP contribution in [0.25, 0.3) is 0 Å². The number of carbonyl (C=O) groups is 1. The molecule has 2 N–H and O–H groups in total. The van der Waals surface area contributed by atoms with Crippen LogP contribution in [0, 0.1) is 0 Å². The fraction of sp³-hybridized carbons (Fsp3) is 0.267. The summed E-state index contributed by atoms with van der Waals surface area (Å²) < 4.78 is 10.4. The molecule has 1 aromatic heterocycles. The third-order valence-corrected chi connectivity index (χ3v) is 3.21. The Labute approximate surface area is 128 Å². The minimum atomic E-state index is -0.186. The monoisotopic (exact) mass is 308 g/mol. The van der Waals surface area contributed by atoms with E-state index in [4.69, 9.17) is 20.8 Å². The summed E-state index contributed by atoms with van der Waals surface area (Å²) in [6.45, 7) is 2.07. The Balaban J connectivity index is 1.91. The zero-order valence-corrected chi connectivity index (χ0v) is 12.6. The molecular formula is C15H17ClN2O3. The predicted octanol–water partition coefficient (Wildman–Crippen LogP) is 3.23. The van der Waals surface area contributed by atoms with Gasteiger partial charge in [-0.1, -0.05) is 11.6 Å². The first kappa shape index (κ1) is 15.4. The molecule has 0 spiro atoms. The fourth-order valence-corrected chi connectivity index (χ4v) is 2.03. The maximum atomic E-state index is 12.0. The van der Waals surface area contributed by atoms with Gasteiger partial charge in [-0.05, 0) is 37.3 Å². The van der Waals surface area contributed by atoms with E-state index in [0.717, 1.165) is 5.76 Å². The van der Waals surface area contributed by atoms with Crippen molar-refractivity contribution in [1.29, 1.82) is 0 Å². The zero-order chi connectivity index (χ0) is 15.2. The summed E-state index contributed by atoms with van der Waals surface area (Å²) in [6.07, 6.45) is 1.60. The highest BCUT2D eigenvalue weighted by Crippen LogP contribution is 2.27. The van der Waals surface area contributed by atoms with Crippen LogP contribution in [0.5, 0.6) is 5.75 Å². The van der Waals surface area contributed by atoms with Crippen LogP contribution in [-0.4, -0.2) is 19.6 Å². The Hall–Kier alpha value is -1.98. The average Bonchev–Trinajstić information content (AvgIpc) is 2.99. The van der Waals surface area contributed by atoms with Crippen LogP contribution < -0.4 is 15.4 Å². The lowest BCUT2D eigenvalue weighted by Gasteiger charge is -2.13. The average molecular weight is 309 g/mol. The minimum Gasteiger partial charge on any atom is -0.495 e. The maximum Gasteiger partial charge on any atom is 0.238 e. The SMILES string of the molecule is COc1ccc(Cl)cc1NC(=O)CN[C@@H](C)c1ccco1. The highest BCUT2D eigenvalue weighted by Gasteiger charge is 2.12. The maximum absolute atomic E-state index is 12.0. The molecule has 2 aromatic rings. The van der Waals surface area contributed by atoms with Gasteiger partial charge in [0.25, 0.3) is 0 Å². The van der Waals surface area contributed by atoms with E-state index in [1.165, 1.54) is 7.11 Å². The molecule has 112 valence electrons. The lowest BCUT2D eigenvalue weighted by Crippen LogP contribution is -2.30. The molecule has 0 unspecified atom stereocenters. The van der Waals surface area contributed by atoms with E-state index in [1.54, 1.807) is 24.5 Å². The lowest BCUT2D eigenvalue weighted by molar-refractivity contribution is -0.115. The summed E-state index contributed by atoms with van der Waals surface area (Å²) in [6, 6.07) is 8.67. The van der Waals surface area contributed by atoms with Crippen LogP contribution in [0.1, 0.15) is 18.7 Å². The van der Waals surface area contributed by atoms with Gasteiger partial charge >= 0.3 is 0 Å². The Bertz CT molecular complexity index is 599. The first-order chi connectivity index (χ1) is 10.1. The third kappa shape index (κ3) is 4.24. The number of hydrogen-bond donors (Lipinski definition) is 2. The van der Waals surface area contributed by atoms with Crippen molar-refractivity contribution in [2.45, 2.75) is 13.0 Å². The molecule has 0 radical (unpaired) electrons. The number of furan rings is 1. The van der Waals surface area contributed by atoms with Crippen molar-refractivity contribution in [3.05, 3.63) is 47.4 Å². The second-order valence-electron chi connectivity index (χ2n) is 4.51. The highest BCUT2D eigenvalue weighted by molar-refractivity contribution is 6.31. The second-order valence-corrected chi connectivity index (χ2v) is 4.95. The molecule has 6 heteroatoms. The van der Waals surface area contributed by atoms with Gasteiger partial charge in [-0.25, -0.2) is 0 Å². The Morgan fingerprint density at radius 3 is 2.90 bits per heavy atom. The van der Waals surface area contributed by atoms with Gasteiger partial charge in [0.15, 0.2) is 0 Å². The minimum absolute atomic E-state index is 0.0491. The van der Waals surface area contributed by atoms with Gasteiger partial charge in [0.05, 0.1) is 31.6 Å². The topological polar surface area (TPSA) is 63.5 Å². The van der Waals surface area contributed by atoms with Crippen LogP contribution in [0.2, 0.25) is 5.02 Å². The van der Waals surface area contributed by atoms with Crippen molar-refractivity contribution in [2.24, 2.45) is 0 Å². The first-order valence-electron chi connectivity index (χ1n) is 6.50. The number of nitrogens with one attached hydrogen (secondary N) is 2. The van der Waals surface area contributed by atoms with Crippen molar-refractivity contribution in [2.75, 3.05) is 19.0 Å². The predicted molar refractivity (Wildman–Crippen MR) is 81.8 cm³/mol. The quantitative estimate of drug-likeness (QED) is 0.860. The van der Waals surface area contributed by atoms with Gasteiger partial charge in [-0.2, -0.15) is 0 Å². The standard InChI is InChI=1S/C15H17ClN2O3/c1-10(13-4-3-7-21-13)17-9-15(19)18-12-8-11(16)5-6-14(12)20-2/h3-8,10,17H,9H2,1-2H3,(H,18,19)/t10-/m0/s1. The number of anilines is 1. The van der Waals surface area contributed by atoms with Crippen molar-refractivity contribution in [3.8, 4) is 5.75 Å². The van der Waals surface area contributed by atoms with Crippen LogP contribution in [0.15, 0.2) is 41.0 Å². The van der Waals surface area contributed by atoms with E-state index in [1.807, 2.05) is 19.1 Å². The molecule has 2 rings (SSSR count). The summed E-state index contributed by atoms with van der Waals surface area (Å²) in [5, 5.41) is 6.37. The Kier molecular flexibility index (Phi) is 5.25. The molecule has 0 bridgehead atoms. The van der Waals surface area contributed by atoms with Crippen molar-refractivity contribution in [3.63, 3.8) is 0 Å². The van der Waals surface area contributed by atoms with Crippen LogP contribution in [0.3, 0.4) is 0 Å². The largest absolute Gasteiger partial charge is 0.495 e. The molecule has 0 fully saturated rings. The Morgan fingerprint density at radius 2 is 2.24 bits per heavy atom. The number of benzene rings is 1. The molecule has 1 atom stereocenters. The number of carbonyl (C=O) groups excluding carboxylic acids is 1. The number of ether oxygens (including phenoxy) is 1. The van der Waals surface area contributed by atoms with Gasteiger partial charge in [0.1, 0.15) is 11.5 Å². The summed E-state index contributed by atoms with van der Waals surface area (Å²) in [5.41, 5.74) is 0.544. The third-order valence-electron chi connectivity index (χ3n) is 2.97. The summed E-state index contributed by atoms with van der Waals surface area (Å²) in [4.78, 5) is 12.0. The molecule has 0 aliphatic rings. The molecule has 0 aliphatic heterocycles. The van der Waals surface area contributed by atoms with Crippen molar-refractivity contribution < 1.29 is 13.9 Å². The summed E-state index contributed by atoms with van der Waals surface area (Å²) in [7, 11) is 1.54. The molecule has 1 amide bonds. The van der Waals surface area contributed by atoms with Crippen molar-refractivity contribution in [1.82, 2.24) is 5.32 Å². The van der Waals surface area contributed by atoms with E-state index in [2.05, 4.69) is 10.6 Å². The summed E-state index contributed by atoms with van der Waals surface area (Å²) in [5.74, 6) is 1.16. The number of methoxy groups -OCH3 is 1. The van der Waals surface area contributed by atoms with Gasteiger partial charge in [0.2, 0.25) is 5.91 Å². The molecule has 1 aromatic carbocycles. The number of amides is 1. The van der Waals surface area contributed by atoms with E-state index in [-0.39, 0.29) is 18.5 Å². The number of halogens is 1. The van der Waals surface area contributed by atoms with Crippen molar-refractivity contribution >= 4 is 23.2 Å². The van der Waals surface area contributed by atoms with Gasteiger partial charge in [0, 0.05) is 5.02 Å². The van der Waals surface area contributed by atoms with Crippen LogP contribution in [0.4, 0.5) is 5.69 Å². The first-order valence-corrected chi connectivity index (χ1v) is 6.88. The summed E-state index contributed by atoms with van der Waals surface area (Å²) >= 11 is 5.92. The van der Waals surface area contributed by atoms with Crippen LogP contribution in [-0.2, 0) is 4.79 Å². The van der Waals surface area contributed by atoms with E-state index >= 15 is 0 Å². The second kappa shape index (κ2) is 7.15. The smallest absolute Gasteiger partial charge is 0.238 e. The van der Waals surface area contributed by atoms with E-state index < -0.39 is 0 Å². The van der Waals surface area contributed by atoms with E-state index in [9.17, 15) is 4.79 Å². The molecule has 0 aliphatic carbocycles. The van der Waals surface area contributed by atoms with Gasteiger partial charge in [-0.15, -0.1) is 0 Å². The zero-order valence-electron chi connectivity index (χ0n) is 11.9. The van der Waals surface area contributed by atoms with E-state index in [0.29, 0.717) is 16.5 Å². The molecule has 5 nitrogen and oxygen atoms in total. The molecule has 0 saturated heterocycles. The lowest BCUT2D eigenvalue weighted by atomic mass is 10.2. The molecule has 21 heavy (non-hydrogen) atoms. The molecule has 1 heterocycles. The number of hydrogen-bond acceptors (Lipinski definition) is 4. The fourth-order valence-electron chi connectivity index (χ4n) is 1.86. The van der Waals surface area contributed by atoms with Gasteiger partial charge in [-0.3, -0.25) is 10.1 Å². The molecule has 0 saturated carbocycles.